The molecule has 96 valence electrons. The van der Waals surface area contributed by atoms with E-state index >= 15 is 0 Å². The molecule has 0 aromatic heterocycles. The molecule has 1 aromatic rings. The Bertz CT molecular complexity index is 484. The first-order valence-electron chi connectivity index (χ1n) is 6.04. The van der Waals surface area contributed by atoms with Crippen LogP contribution in [0.25, 0.3) is 0 Å². The largest absolute Gasteiger partial charge is 0.336 e. The highest BCUT2D eigenvalue weighted by atomic mass is 19.1. The summed E-state index contributed by atoms with van der Waals surface area (Å²) in [6, 6.07) is 4.41. The molecule has 3 heteroatoms. The van der Waals surface area contributed by atoms with E-state index in [0.29, 0.717) is 24.0 Å². The van der Waals surface area contributed by atoms with Crippen molar-refractivity contribution >= 4 is 5.91 Å². The molecular formula is C15H18FNO. The van der Waals surface area contributed by atoms with Crippen molar-refractivity contribution in [3.8, 4) is 12.3 Å². The minimum atomic E-state index is -0.654. The van der Waals surface area contributed by atoms with Gasteiger partial charge in [-0.15, -0.1) is 6.42 Å². The zero-order valence-corrected chi connectivity index (χ0v) is 11.0. The van der Waals surface area contributed by atoms with Crippen LogP contribution in [0.4, 0.5) is 4.39 Å². The minimum Gasteiger partial charge on any atom is -0.336 e. The van der Waals surface area contributed by atoms with Crippen molar-refractivity contribution in [2.45, 2.75) is 39.2 Å². The van der Waals surface area contributed by atoms with Gasteiger partial charge < -0.3 is 5.32 Å². The van der Waals surface area contributed by atoms with Crippen molar-refractivity contribution in [1.82, 2.24) is 5.32 Å². The molecule has 0 fully saturated rings. The second-order valence-electron chi connectivity index (χ2n) is 4.35. The van der Waals surface area contributed by atoms with Crippen molar-refractivity contribution in [3.05, 3.63) is 35.1 Å². The number of amides is 1. The van der Waals surface area contributed by atoms with Gasteiger partial charge in [-0.25, -0.2) is 4.39 Å². The fourth-order valence-corrected chi connectivity index (χ4v) is 1.69. The van der Waals surface area contributed by atoms with Crippen LogP contribution in [-0.4, -0.2) is 11.4 Å². The summed E-state index contributed by atoms with van der Waals surface area (Å²) in [6.07, 6.45) is 6.75. The Kier molecular flexibility index (Phi) is 4.49. The van der Waals surface area contributed by atoms with Crippen LogP contribution in [-0.2, 0) is 0 Å². The Morgan fingerprint density at radius 3 is 2.50 bits per heavy atom. The Balaban J connectivity index is 2.95. The van der Waals surface area contributed by atoms with Crippen LogP contribution in [0, 0.1) is 25.1 Å². The predicted octanol–water partition coefficient (Wildman–Crippen LogP) is 3.06. The lowest BCUT2D eigenvalue weighted by molar-refractivity contribution is 0.0916. The van der Waals surface area contributed by atoms with Gasteiger partial charge in [-0.1, -0.05) is 25.8 Å². The van der Waals surface area contributed by atoms with Crippen LogP contribution in [0.3, 0.4) is 0 Å². The van der Waals surface area contributed by atoms with Gasteiger partial charge in [0.15, 0.2) is 0 Å². The number of nitrogens with one attached hydrogen (secondary N) is 1. The molecule has 0 bridgehead atoms. The highest BCUT2D eigenvalue weighted by Crippen LogP contribution is 2.16. The maximum absolute atomic E-state index is 13.4. The zero-order chi connectivity index (χ0) is 13.8. The summed E-state index contributed by atoms with van der Waals surface area (Å²) < 4.78 is 13.4. The molecule has 0 unspecified atom stereocenters. The number of hydrogen-bond acceptors (Lipinski definition) is 1. The van der Waals surface area contributed by atoms with Gasteiger partial charge in [-0.2, -0.15) is 0 Å². The molecule has 0 spiro atoms. The molecule has 0 aliphatic carbocycles. The molecule has 18 heavy (non-hydrogen) atoms. The smallest absolute Gasteiger partial charge is 0.252 e. The van der Waals surface area contributed by atoms with Crippen LogP contribution in [0.5, 0.6) is 0 Å². The lowest BCUT2D eigenvalue weighted by Gasteiger charge is -2.27. The van der Waals surface area contributed by atoms with E-state index in [2.05, 4.69) is 11.2 Å². The Labute approximate surface area is 108 Å². The van der Waals surface area contributed by atoms with Crippen LogP contribution >= 0.6 is 0 Å². The van der Waals surface area contributed by atoms with E-state index in [1.807, 2.05) is 13.8 Å². The lowest BCUT2D eigenvalue weighted by atomic mass is 9.93. The first-order chi connectivity index (χ1) is 8.48. The number of terminal acetylenes is 1. The van der Waals surface area contributed by atoms with Gasteiger partial charge in [0.25, 0.3) is 5.91 Å². The van der Waals surface area contributed by atoms with Gasteiger partial charge in [0.05, 0.1) is 0 Å². The first kappa shape index (κ1) is 14.2. The lowest BCUT2D eigenvalue weighted by Crippen LogP contribution is -2.46. The maximum Gasteiger partial charge on any atom is 0.252 e. The molecule has 0 aliphatic heterocycles. The number of rotatable bonds is 4. The third kappa shape index (κ3) is 2.89. The van der Waals surface area contributed by atoms with Crippen LogP contribution in [0.1, 0.15) is 42.6 Å². The molecule has 1 N–H and O–H groups in total. The predicted molar refractivity (Wildman–Crippen MR) is 70.7 cm³/mol. The van der Waals surface area contributed by atoms with Crippen molar-refractivity contribution in [2.75, 3.05) is 0 Å². The third-order valence-corrected chi connectivity index (χ3v) is 3.27. The van der Waals surface area contributed by atoms with Crippen molar-refractivity contribution < 1.29 is 9.18 Å². The fraction of sp³-hybridized carbons (Fsp3) is 0.400. The van der Waals surface area contributed by atoms with Crippen molar-refractivity contribution in [2.24, 2.45) is 0 Å². The SMILES string of the molecule is C#CC(CC)(CC)NC(=O)c1ccc(C)c(F)c1. The molecule has 0 heterocycles. The van der Waals surface area contributed by atoms with E-state index in [0.717, 1.165) is 0 Å². The summed E-state index contributed by atoms with van der Waals surface area (Å²) in [5.74, 6) is 1.89. The second kappa shape index (κ2) is 5.68. The minimum absolute atomic E-state index is 0.291. The average molecular weight is 247 g/mol. The van der Waals surface area contributed by atoms with E-state index in [1.54, 1.807) is 19.1 Å². The van der Waals surface area contributed by atoms with Crippen LogP contribution in [0.2, 0.25) is 0 Å². The Morgan fingerprint density at radius 1 is 1.44 bits per heavy atom. The molecule has 2 nitrogen and oxygen atoms in total. The van der Waals surface area contributed by atoms with E-state index in [9.17, 15) is 9.18 Å². The van der Waals surface area contributed by atoms with E-state index in [1.165, 1.54) is 6.07 Å². The van der Waals surface area contributed by atoms with Gasteiger partial charge >= 0.3 is 0 Å². The van der Waals surface area contributed by atoms with Gasteiger partial charge in [0.1, 0.15) is 11.4 Å². The number of carbonyl (C=O) groups excluding carboxylic acids is 1. The summed E-state index contributed by atoms with van der Waals surface area (Å²) in [5, 5.41) is 2.80. The topological polar surface area (TPSA) is 29.1 Å². The van der Waals surface area contributed by atoms with Gasteiger partial charge in [0.2, 0.25) is 0 Å². The maximum atomic E-state index is 13.4. The van der Waals surface area contributed by atoms with Crippen molar-refractivity contribution in [3.63, 3.8) is 0 Å². The quantitative estimate of drug-likeness (QED) is 0.814. The normalized spacial score (nSPS) is 10.8. The summed E-state index contributed by atoms with van der Waals surface area (Å²) in [6.45, 7) is 5.49. The molecular weight excluding hydrogens is 229 g/mol. The van der Waals surface area contributed by atoms with E-state index < -0.39 is 5.54 Å². The first-order valence-corrected chi connectivity index (χ1v) is 6.04. The number of benzene rings is 1. The highest BCUT2D eigenvalue weighted by Gasteiger charge is 2.25. The number of aryl methyl sites for hydroxylation is 1. The van der Waals surface area contributed by atoms with Crippen molar-refractivity contribution in [1.29, 1.82) is 0 Å². The second-order valence-corrected chi connectivity index (χ2v) is 4.35. The molecule has 0 saturated heterocycles. The monoisotopic (exact) mass is 247 g/mol. The van der Waals surface area contributed by atoms with Gasteiger partial charge in [-0.05, 0) is 37.5 Å². The summed E-state index contributed by atoms with van der Waals surface area (Å²) in [5.41, 5.74) is 0.152. The summed E-state index contributed by atoms with van der Waals surface area (Å²) >= 11 is 0. The van der Waals surface area contributed by atoms with E-state index in [4.69, 9.17) is 6.42 Å². The summed E-state index contributed by atoms with van der Waals surface area (Å²) in [7, 11) is 0. The number of hydrogen-bond donors (Lipinski definition) is 1. The van der Waals surface area contributed by atoms with Gasteiger partial charge in [-0.3, -0.25) is 4.79 Å². The molecule has 0 aliphatic rings. The molecule has 0 radical (unpaired) electrons. The third-order valence-electron chi connectivity index (χ3n) is 3.27. The zero-order valence-electron chi connectivity index (χ0n) is 11.0. The van der Waals surface area contributed by atoms with E-state index in [-0.39, 0.29) is 11.7 Å². The van der Waals surface area contributed by atoms with Gasteiger partial charge in [0, 0.05) is 5.56 Å². The standard InChI is InChI=1S/C15H18FNO/c1-5-15(6-2,7-3)17-14(18)12-9-8-11(4)13(16)10-12/h1,8-10H,6-7H2,2-4H3,(H,17,18). The highest BCUT2D eigenvalue weighted by molar-refractivity contribution is 5.95. The molecule has 0 saturated carbocycles. The van der Waals surface area contributed by atoms with Crippen LogP contribution in [0.15, 0.2) is 18.2 Å². The molecule has 1 rings (SSSR count). The average Bonchev–Trinajstić information content (AvgIpc) is 2.39. The molecule has 0 atom stereocenters. The van der Waals surface area contributed by atoms with Crippen LogP contribution < -0.4 is 5.32 Å². The molecule has 1 aromatic carbocycles. The summed E-state index contributed by atoms with van der Waals surface area (Å²) in [4.78, 5) is 12.0. The number of halogens is 1. The number of carbonyl (C=O) groups is 1. The Morgan fingerprint density at radius 2 is 2.06 bits per heavy atom. The fourth-order valence-electron chi connectivity index (χ4n) is 1.69. The Hall–Kier alpha value is -1.82. The molecule has 1 amide bonds.